The Kier molecular flexibility index (Phi) is 4.24. The van der Waals surface area contributed by atoms with Gasteiger partial charge < -0.3 is 4.74 Å². The van der Waals surface area contributed by atoms with E-state index in [2.05, 4.69) is 20.8 Å². The zero-order valence-electron chi connectivity index (χ0n) is 18.2. The average Bonchev–Trinajstić information content (AvgIpc) is 3.21. The number of benzene rings is 2. The van der Waals surface area contributed by atoms with Crippen LogP contribution in [0.25, 0.3) is 5.69 Å². The number of halogens is 2. The van der Waals surface area contributed by atoms with Crippen molar-refractivity contribution < 1.29 is 13.5 Å². The summed E-state index contributed by atoms with van der Waals surface area (Å²) in [6.07, 6.45) is 1.93. The van der Waals surface area contributed by atoms with E-state index in [9.17, 15) is 13.6 Å². The van der Waals surface area contributed by atoms with Crippen LogP contribution in [0.5, 0.6) is 5.75 Å². The normalized spacial score (nSPS) is 23.2. The van der Waals surface area contributed by atoms with Crippen LogP contribution >= 0.6 is 0 Å². The Morgan fingerprint density at radius 2 is 1.81 bits per heavy atom. The van der Waals surface area contributed by atoms with E-state index < -0.39 is 11.6 Å². The summed E-state index contributed by atoms with van der Waals surface area (Å²) in [7, 11) is 1.61. The lowest BCUT2D eigenvalue weighted by atomic mass is 9.70. The molecule has 6 heteroatoms. The molecule has 2 aliphatic rings. The van der Waals surface area contributed by atoms with Gasteiger partial charge in [0.2, 0.25) is 0 Å². The lowest BCUT2D eigenvalue weighted by Gasteiger charge is -2.36. The van der Waals surface area contributed by atoms with Crippen molar-refractivity contribution in [3.05, 3.63) is 81.3 Å². The Bertz CT molecular complexity index is 1240. The molecule has 1 fully saturated rings. The number of rotatable bonds is 4. The van der Waals surface area contributed by atoms with Gasteiger partial charge in [-0.1, -0.05) is 32.9 Å². The van der Waals surface area contributed by atoms with E-state index >= 15 is 0 Å². The van der Waals surface area contributed by atoms with E-state index in [-0.39, 0.29) is 28.0 Å². The van der Waals surface area contributed by atoms with Crippen molar-refractivity contribution >= 4 is 0 Å². The molecule has 0 radical (unpaired) electrons. The monoisotopic (exact) mass is 424 g/mol. The first-order chi connectivity index (χ1) is 14.7. The summed E-state index contributed by atoms with van der Waals surface area (Å²) in [5, 5.41) is 0. The third-order valence-electron chi connectivity index (χ3n) is 7.90. The molecule has 2 atom stereocenters. The minimum absolute atomic E-state index is 0.0566. The van der Waals surface area contributed by atoms with Gasteiger partial charge in [0, 0.05) is 17.0 Å². The topological polar surface area (TPSA) is 36.2 Å². The lowest BCUT2D eigenvalue weighted by Crippen LogP contribution is -2.36. The first-order valence-electron chi connectivity index (χ1n) is 10.6. The van der Waals surface area contributed by atoms with E-state index in [1.807, 2.05) is 28.9 Å². The van der Waals surface area contributed by atoms with Crippen molar-refractivity contribution in [3.8, 4) is 11.4 Å². The fraction of sp³-hybridized carbons (Fsp3) is 0.400. The quantitative estimate of drug-likeness (QED) is 0.581. The molecule has 1 saturated carbocycles. The Morgan fingerprint density at radius 3 is 2.45 bits per heavy atom. The molecule has 2 bridgehead atoms. The van der Waals surface area contributed by atoms with Gasteiger partial charge in [0.05, 0.1) is 19.3 Å². The third kappa shape index (κ3) is 2.60. The standard InChI is InChI=1S/C25H26F2N2O2/c1-24(2)18-11-12-25(24,3)22-21(18)23(30)29(20-10-7-16(26)13-19(20)27)28(22)14-15-5-8-17(31-4)9-6-15/h5-10,13,18H,11-12,14H2,1-4H3/t18-,25+/m1/s1. The highest BCUT2D eigenvalue weighted by molar-refractivity contribution is 5.48. The highest BCUT2D eigenvalue weighted by atomic mass is 19.1. The predicted octanol–water partition coefficient (Wildman–Crippen LogP) is 5.15. The predicted molar refractivity (Wildman–Crippen MR) is 115 cm³/mol. The van der Waals surface area contributed by atoms with Gasteiger partial charge in [0.25, 0.3) is 5.56 Å². The molecule has 5 rings (SSSR count). The molecular formula is C25H26F2N2O2. The Hall–Kier alpha value is -2.89. The second kappa shape index (κ2) is 6.55. The molecule has 0 amide bonds. The van der Waals surface area contributed by atoms with Crippen molar-refractivity contribution in [1.82, 2.24) is 9.36 Å². The first kappa shape index (κ1) is 20.0. The summed E-state index contributed by atoms with van der Waals surface area (Å²) in [5.74, 6) is -0.531. The highest BCUT2D eigenvalue weighted by Crippen LogP contribution is 2.67. The van der Waals surface area contributed by atoms with Gasteiger partial charge in [0.15, 0.2) is 5.82 Å². The maximum atomic E-state index is 14.8. The summed E-state index contributed by atoms with van der Waals surface area (Å²) in [4.78, 5) is 13.7. The first-order valence-corrected chi connectivity index (χ1v) is 10.6. The molecule has 2 aromatic carbocycles. The number of hydrogen-bond acceptors (Lipinski definition) is 2. The van der Waals surface area contributed by atoms with Gasteiger partial charge in [-0.15, -0.1) is 0 Å². The molecule has 1 aromatic heterocycles. The number of hydrogen-bond donors (Lipinski definition) is 0. The molecule has 0 unspecified atom stereocenters. The third-order valence-corrected chi connectivity index (χ3v) is 7.90. The Balaban J connectivity index is 1.76. The van der Waals surface area contributed by atoms with Crippen molar-refractivity contribution in [2.45, 2.75) is 51.5 Å². The molecule has 1 heterocycles. The zero-order valence-corrected chi connectivity index (χ0v) is 18.2. The van der Waals surface area contributed by atoms with Gasteiger partial charge in [-0.05, 0) is 54.0 Å². The molecule has 2 aliphatic carbocycles. The molecule has 0 N–H and O–H groups in total. The summed E-state index contributed by atoms with van der Waals surface area (Å²) >= 11 is 0. The van der Waals surface area contributed by atoms with Crippen molar-refractivity contribution in [1.29, 1.82) is 0 Å². The number of ether oxygens (including phenoxy) is 1. The summed E-state index contributed by atoms with van der Waals surface area (Å²) in [6.45, 7) is 7.08. The van der Waals surface area contributed by atoms with Crippen molar-refractivity contribution in [3.63, 3.8) is 0 Å². The fourth-order valence-electron chi connectivity index (χ4n) is 5.84. The van der Waals surface area contributed by atoms with E-state index in [0.717, 1.165) is 41.5 Å². The van der Waals surface area contributed by atoms with Crippen LogP contribution in [0.3, 0.4) is 0 Å². The SMILES string of the molecule is COc1ccc(Cn2c3c(c(=O)n2-c2ccc(F)cc2F)[C@H]2CC[C@]3(C)C2(C)C)cc1. The minimum Gasteiger partial charge on any atom is -0.497 e. The van der Waals surface area contributed by atoms with Crippen LogP contribution in [0.2, 0.25) is 0 Å². The van der Waals surface area contributed by atoms with Crippen LogP contribution in [0, 0.1) is 17.0 Å². The van der Waals surface area contributed by atoms with Crippen LogP contribution in [0.15, 0.2) is 47.3 Å². The summed E-state index contributed by atoms with van der Waals surface area (Å²) in [6, 6.07) is 11.0. The maximum Gasteiger partial charge on any atom is 0.275 e. The molecule has 0 aliphatic heterocycles. The molecule has 31 heavy (non-hydrogen) atoms. The largest absolute Gasteiger partial charge is 0.497 e. The molecule has 4 nitrogen and oxygen atoms in total. The second-order valence-corrected chi connectivity index (χ2v) is 9.53. The van der Waals surface area contributed by atoms with Crippen molar-refractivity contribution in [2.75, 3.05) is 7.11 Å². The smallest absolute Gasteiger partial charge is 0.275 e. The van der Waals surface area contributed by atoms with Crippen molar-refractivity contribution in [2.24, 2.45) is 5.41 Å². The Labute approximate surface area is 180 Å². The van der Waals surface area contributed by atoms with Crippen LogP contribution in [-0.4, -0.2) is 16.5 Å². The fourth-order valence-corrected chi connectivity index (χ4v) is 5.84. The van der Waals surface area contributed by atoms with Gasteiger partial charge in [-0.3, -0.25) is 9.48 Å². The van der Waals surface area contributed by atoms with Gasteiger partial charge in [-0.25, -0.2) is 13.5 Å². The van der Waals surface area contributed by atoms with Crippen LogP contribution in [0.4, 0.5) is 8.78 Å². The summed E-state index contributed by atoms with van der Waals surface area (Å²) in [5.41, 5.74) is 2.37. The number of aromatic nitrogens is 2. The van der Waals surface area contributed by atoms with E-state index in [1.165, 1.54) is 16.8 Å². The number of fused-ring (bicyclic) bond motifs is 5. The second-order valence-electron chi connectivity index (χ2n) is 9.53. The highest BCUT2D eigenvalue weighted by Gasteiger charge is 2.62. The molecular weight excluding hydrogens is 398 g/mol. The molecule has 3 aromatic rings. The lowest BCUT2D eigenvalue weighted by molar-refractivity contribution is 0.216. The molecule has 0 spiro atoms. The van der Waals surface area contributed by atoms with Crippen LogP contribution in [0.1, 0.15) is 56.4 Å². The van der Waals surface area contributed by atoms with Crippen LogP contribution in [-0.2, 0) is 12.0 Å². The van der Waals surface area contributed by atoms with Crippen LogP contribution < -0.4 is 10.3 Å². The zero-order chi connectivity index (χ0) is 22.1. The average molecular weight is 424 g/mol. The van der Waals surface area contributed by atoms with E-state index in [1.54, 1.807) is 7.11 Å². The Morgan fingerprint density at radius 1 is 1.10 bits per heavy atom. The number of methoxy groups -OCH3 is 1. The molecule has 162 valence electrons. The maximum absolute atomic E-state index is 14.8. The van der Waals surface area contributed by atoms with Gasteiger partial charge in [0.1, 0.15) is 17.3 Å². The summed E-state index contributed by atoms with van der Waals surface area (Å²) < 4.78 is 37.0. The van der Waals surface area contributed by atoms with Gasteiger partial charge >= 0.3 is 0 Å². The molecule has 0 saturated heterocycles. The van der Waals surface area contributed by atoms with Gasteiger partial charge in [-0.2, -0.15) is 0 Å². The van der Waals surface area contributed by atoms with E-state index in [4.69, 9.17) is 4.74 Å². The number of nitrogens with zero attached hydrogens (tertiary/aromatic N) is 2. The van der Waals surface area contributed by atoms with E-state index in [0.29, 0.717) is 6.54 Å². The minimum atomic E-state index is -0.744.